The number of ether oxygens (including phenoxy) is 1. The van der Waals surface area contributed by atoms with E-state index in [1.54, 1.807) is 17.0 Å². The number of anilines is 1. The lowest BCUT2D eigenvalue weighted by Gasteiger charge is -2.36. The zero-order valence-electron chi connectivity index (χ0n) is 16.6. The summed E-state index contributed by atoms with van der Waals surface area (Å²) in [6.07, 6.45) is 1.46. The van der Waals surface area contributed by atoms with Gasteiger partial charge >= 0.3 is 0 Å². The fourth-order valence-electron chi connectivity index (χ4n) is 3.06. The standard InChI is InChI=1S/C21H25ClN4O3/c1-15(2)29-19-8-3-16(13-23-19)21(28)24-14-20(27)26-11-9-25(10-12-26)18-6-4-17(22)5-7-18/h3-8,13,15H,9-12,14H2,1-2H3,(H,24,28). The van der Waals surface area contributed by atoms with Crippen LogP contribution in [-0.2, 0) is 4.79 Å². The smallest absolute Gasteiger partial charge is 0.253 e. The molecule has 154 valence electrons. The Morgan fingerprint density at radius 2 is 1.79 bits per heavy atom. The minimum absolute atomic E-state index is 0.0138. The van der Waals surface area contributed by atoms with Crippen LogP contribution in [0.25, 0.3) is 0 Å². The fourth-order valence-corrected chi connectivity index (χ4v) is 3.19. The molecule has 0 saturated carbocycles. The van der Waals surface area contributed by atoms with E-state index in [9.17, 15) is 9.59 Å². The third-order valence-electron chi connectivity index (χ3n) is 4.58. The van der Waals surface area contributed by atoms with Crippen molar-refractivity contribution in [2.75, 3.05) is 37.6 Å². The van der Waals surface area contributed by atoms with Gasteiger partial charge in [0.1, 0.15) is 0 Å². The molecule has 2 heterocycles. The van der Waals surface area contributed by atoms with Crippen LogP contribution in [0.4, 0.5) is 5.69 Å². The van der Waals surface area contributed by atoms with E-state index in [-0.39, 0.29) is 24.5 Å². The molecule has 0 bridgehead atoms. The molecule has 7 nitrogen and oxygen atoms in total. The Labute approximate surface area is 175 Å². The molecule has 0 radical (unpaired) electrons. The predicted octanol–water partition coefficient (Wildman–Crippen LogP) is 2.60. The third-order valence-corrected chi connectivity index (χ3v) is 4.83. The van der Waals surface area contributed by atoms with E-state index < -0.39 is 0 Å². The minimum Gasteiger partial charge on any atom is -0.475 e. The highest BCUT2D eigenvalue weighted by Crippen LogP contribution is 2.19. The van der Waals surface area contributed by atoms with E-state index in [0.29, 0.717) is 29.6 Å². The number of rotatable bonds is 6. The lowest BCUT2D eigenvalue weighted by Crippen LogP contribution is -2.51. The predicted molar refractivity (Wildman–Crippen MR) is 113 cm³/mol. The van der Waals surface area contributed by atoms with Gasteiger partial charge in [0.2, 0.25) is 11.8 Å². The number of pyridine rings is 1. The Balaban J connectivity index is 1.45. The first kappa shape index (κ1) is 20.9. The van der Waals surface area contributed by atoms with Gasteiger partial charge in [0.25, 0.3) is 5.91 Å². The van der Waals surface area contributed by atoms with Crippen LogP contribution in [0, 0.1) is 0 Å². The molecule has 0 spiro atoms. The topological polar surface area (TPSA) is 74.8 Å². The van der Waals surface area contributed by atoms with Crippen molar-refractivity contribution in [3.05, 3.63) is 53.2 Å². The first-order chi connectivity index (χ1) is 13.9. The molecule has 0 atom stereocenters. The molecule has 29 heavy (non-hydrogen) atoms. The van der Waals surface area contributed by atoms with Gasteiger partial charge in [0, 0.05) is 49.2 Å². The van der Waals surface area contributed by atoms with Crippen molar-refractivity contribution in [2.24, 2.45) is 0 Å². The number of carbonyl (C=O) groups excluding carboxylic acids is 2. The summed E-state index contributed by atoms with van der Waals surface area (Å²) >= 11 is 5.93. The zero-order chi connectivity index (χ0) is 20.8. The largest absolute Gasteiger partial charge is 0.475 e. The molecule has 0 aliphatic carbocycles. The van der Waals surface area contributed by atoms with Crippen molar-refractivity contribution >= 4 is 29.1 Å². The summed E-state index contributed by atoms with van der Waals surface area (Å²) < 4.78 is 5.46. The van der Waals surface area contributed by atoms with Crippen LogP contribution in [0.5, 0.6) is 5.88 Å². The number of hydrogen-bond donors (Lipinski definition) is 1. The number of nitrogens with one attached hydrogen (secondary N) is 1. The van der Waals surface area contributed by atoms with Crippen LogP contribution in [0.3, 0.4) is 0 Å². The Morgan fingerprint density at radius 1 is 1.10 bits per heavy atom. The van der Waals surface area contributed by atoms with E-state index >= 15 is 0 Å². The Morgan fingerprint density at radius 3 is 2.38 bits per heavy atom. The van der Waals surface area contributed by atoms with E-state index in [2.05, 4.69) is 15.2 Å². The number of nitrogens with zero attached hydrogens (tertiary/aromatic N) is 3. The summed E-state index contributed by atoms with van der Waals surface area (Å²) in [5.74, 6) is 0.0368. The average Bonchev–Trinajstić information content (AvgIpc) is 2.72. The summed E-state index contributed by atoms with van der Waals surface area (Å²) in [6.45, 7) is 6.47. The molecule has 1 aliphatic rings. The second-order valence-corrected chi connectivity index (χ2v) is 7.52. The van der Waals surface area contributed by atoms with Crippen molar-refractivity contribution in [1.29, 1.82) is 0 Å². The molecule has 1 aromatic heterocycles. The lowest BCUT2D eigenvalue weighted by atomic mass is 10.2. The van der Waals surface area contributed by atoms with Gasteiger partial charge in [-0.1, -0.05) is 11.6 Å². The fraction of sp³-hybridized carbons (Fsp3) is 0.381. The third kappa shape index (κ3) is 5.84. The number of halogens is 1. The summed E-state index contributed by atoms with van der Waals surface area (Å²) in [6, 6.07) is 11.0. The molecule has 1 fully saturated rings. The van der Waals surface area contributed by atoms with Crippen molar-refractivity contribution in [3.8, 4) is 5.88 Å². The van der Waals surface area contributed by atoms with Crippen LogP contribution >= 0.6 is 11.6 Å². The number of amides is 2. The Hall–Kier alpha value is -2.80. The van der Waals surface area contributed by atoms with Crippen LogP contribution in [-0.4, -0.2) is 60.5 Å². The van der Waals surface area contributed by atoms with Gasteiger partial charge in [0.05, 0.1) is 18.2 Å². The van der Waals surface area contributed by atoms with E-state index in [4.69, 9.17) is 16.3 Å². The Bertz CT molecular complexity index is 832. The van der Waals surface area contributed by atoms with Gasteiger partial charge in [-0.05, 0) is 44.2 Å². The monoisotopic (exact) mass is 416 g/mol. The first-order valence-corrected chi connectivity index (χ1v) is 9.99. The molecule has 1 saturated heterocycles. The molecular formula is C21H25ClN4O3. The molecular weight excluding hydrogens is 392 g/mol. The normalized spacial score (nSPS) is 14.1. The molecule has 2 aromatic rings. The molecule has 3 rings (SSSR count). The van der Waals surface area contributed by atoms with Gasteiger partial charge in [-0.3, -0.25) is 9.59 Å². The van der Waals surface area contributed by atoms with Crippen LogP contribution in [0.15, 0.2) is 42.6 Å². The summed E-state index contributed by atoms with van der Waals surface area (Å²) in [4.78, 5) is 32.8. The lowest BCUT2D eigenvalue weighted by molar-refractivity contribution is -0.130. The quantitative estimate of drug-likeness (QED) is 0.783. The van der Waals surface area contributed by atoms with Crippen molar-refractivity contribution in [2.45, 2.75) is 20.0 Å². The van der Waals surface area contributed by atoms with E-state index in [1.165, 1.54) is 6.20 Å². The highest BCUT2D eigenvalue weighted by Gasteiger charge is 2.21. The highest BCUT2D eigenvalue weighted by molar-refractivity contribution is 6.30. The van der Waals surface area contributed by atoms with Crippen LogP contribution in [0.1, 0.15) is 24.2 Å². The van der Waals surface area contributed by atoms with Crippen molar-refractivity contribution < 1.29 is 14.3 Å². The SMILES string of the molecule is CC(C)Oc1ccc(C(=O)NCC(=O)N2CCN(c3ccc(Cl)cc3)CC2)cn1. The zero-order valence-corrected chi connectivity index (χ0v) is 17.4. The maximum atomic E-state index is 12.4. The maximum absolute atomic E-state index is 12.4. The van der Waals surface area contributed by atoms with Crippen LogP contribution < -0.4 is 15.0 Å². The number of carbonyl (C=O) groups is 2. The molecule has 1 N–H and O–H groups in total. The second-order valence-electron chi connectivity index (χ2n) is 7.08. The van der Waals surface area contributed by atoms with E-state index in [0.717, 1.165) is 18.8 Å². The van der Waals surface area contributed by atoms with Crippen molar-refractivity contribution in [3.63, 3.8) is 0 Å². The van der Waals surface area contributed by atoms with Gasteiger partial charge in [-0.15, -0.1) is 0 Å². The van der Waals surface area contributed by atoms with Gasteiger partial charge in [-0.2, -0.15) is 0 Å². The maximum Gasteiger partial charge on any atom is 0.253 e. The Kier molecular flexibility index (Phi) is 6.93. The molecule has 2 amide bonds. The minimum atomic E-state index is -0.332. The summed E-state index contributed by atoms with van der Waals surface area (Å²) in [5, 5.41) is 3.37. The van der Waals surface area contributed by atoms with Gasteiger partial charge < -0.3 is 19.9 Å². The molecule has 0 unspecified atom stereocenters. The van der Waals surface area contributed by atoms with Crippen LogP contribution in [0.2, 0.25) is 5.02 Å². The van der Waals surface area contributed by atoms with Gasteiger partial charge in [-0.25, -0.2) is 4.98 Å². The molecule has 1 aliphatic heterocycles. The number of benzene rings is 1. The second kappa shape index (κ2) is 9.60. The van der Waals surface area contributed by atoms with Crippen molar-refractivity contribution in [1.82, 2.24) is 15.2 Å². The summed E-state index contributed by atoms with van der Waals surface area (Å²) in [7, 11) is 0. The number of hydrogen-bond acceptors (Lipinski definition) is 5. The number of piperazine rings is 1. The first-order valence-electron chi connectivity index (χ1n) is 9.61. The molecule has 8 heteroatoms. The highest BCUT2D eigenvalue weighted by atomic mass is 35.5. The average molecular weight is 417 g/mol. The summed E-state index contributed by atoms with van der Waals surface area (Å²) in [5.41, 5.74) is 1.48. The molecule has 1 aromatic carbocycles. The van der Waals surface area contributed by atoms with E-state index in [1.807, 2.05) is 38.1 Å². The van der Waals surface area contributed by atoms with Gasteiger partial charge in [0.15, 0.2) is 0 Å². The number of aromatic nitrogens is 1.